The van der Waals surface area contributed by atoms with Crippen LogP contribution in [-0.4, -0.2) is 44.1 Å². The summed E-state index contributed by atoms with van der Waals surface area (Å²) in [5, 5.41) is 6.86. The summed E-state index contributed by atoms with van der Waals surface area (Å²) >= 11 is 1.88. The molecule has 1 fully saturated rings. The van der Waals surface area contributed by atoms with Crippen LogP contribution in [0.1, 0.15) is 36.4 Å². The third-order valence-electron chi connectivity index (χ3n) is 4.11. The first-order valence-corrected chi connectivity index (χ1v) is 9.27. The number of aryl methyl sites for hydroxylation is 1. The summed E-state index contributed by atoms with van der Waals surface area (Å²) in [5.74, 6) is 1.55. The van der Waals surface area contributed by atoms with E-state index in [9.17, 15) is 0 Å². The maximum Gasteiger partial charge on any atom is 0.191 e. The number of aliphatic imine (C=N–C) groups is 1. The SMILES string of the molecule is CCc1ccc(CNC(=NC)NCC(C)CN2CCCC2)s1. The van der Waals surface area contributed by atoms with Crippen LogP contribution in [0.5, 0.6) is 0 Å². The molecule has 1 aromatic heterocycles. The van der Waals surface area contributed by atoms with E-state index in [0.717, 1.165) is 25.5 Å². The normalized spacial score (nSPS) is 17.7. The average Bonchev–Trinajstić information content (AvgIpc) is 3.18. The first kappa shape index (κ1) is 17.3. The van der Waals surface area contributed by atoms with Gasteiger partial charge in [-0.2, -0.15) is 0 Å². The van der Waals surface area contributed by atoms with Crippen LogP contribution < -0.4 is 10.6 Å². The molecule has 5 heteroatoms. The van der Waals surface area contributed by atoms with E-state index in [0.29, 0.717) is 5.92 Å². The number of guanidine groups is 1. The average molecular weight is 323 g/mol. The Labute approximate surface area is 139 Å². The molecule has 4 nitrogen and oxygen atoms in total. The Kier molecular flexibility index (Phi) is 7.19. The van der Waals surface area contributed by atoms with E-state index in [1.807, 2.05) is 18.4 Å². The molecule has 124 valence electrons. The second-order valence-corrected chi connectivity index (χ2v) is 7.39. The van der Waals surface area contributed by atoms with Crippen molar-refractivity contribution in [3.8, 4) is 0 Å². The van der Waals surface area contributed by atoms with Crippen LogP contribution in [0.15, 0.2) is 17.1 Å². The molecule has 1 aromatic rings. The Morgan fingerprint density at radius 2 is 2.00 bits per heavy atom. The molecule has 1 aliphatic rings. The summed E-state index contributed by atoms with van der Waals surface area (Å²) in [6.07, 6.45) is 3.85. The summed E-state index contributed by atoms with van der Waals surface area (Å²) in [7, 11) is 1.84. The minimum Gasteiger partial charge on any atom is -0.356 e. The van der Waals surface area contributed by atoms with Crippen LogP contribution in [0.2, 0.25) is 0 Å². The van der Waals surface area contributed by atoms with Crippen LogP contribution in [0, 0.1) is 5.92 Å². The number of hydrogen-bond donors (Lipinski definition) is 2. The zero-order chi connectivity index (χ0) is 15.8. The van der Waals surface area contributed by atoms with Crippen molar-refractivity contribution >= 4 is 17.3 Å². The van der Waals surface area contributed by atoms with Gasteiger partial charge >= 0.3 is 0 Å². The summed E-state index contributed by atoms with van der Waals surface area (Å²) in [6.45, 7) is 10.1. The molecule has 0 aliphatic carbocycles. The molecule has 0 saturated carbocycles. The minimum absolute atomic E-state index is 0.644. The van der Waals surface area contributed by atoms with E-state index < -0.39 is 0 Å². The molecule has 1 atom stereocenters. The Balaban J connectivity index is 1.67. The minimum atomic E-state index is 0.644. The van der Waals surface area contributed by atoms with Gasteiger partial charge in [-0.25, -0.2) is 0 Å². The van der Waals surface area contributed by atoms with Gasteiger partial charge in [-0.05, 0) is 50.4 Å². The fraction of sp³-hybridized carbons (Fsp3) is 0.706. The predicted molar refractivity (Wildman–Crippen MR) is 96.7 cm³/mol. The fourth-order valence-electron chi connectivity index (χ4n) is 2.84. The molecule has 1 aliphatic heterocycles. The lowest BCUT2D eigenvalue weighted by atomic mass is 10.1. The Morgan fingerprint density at radius 1 is 1.27 bits per heavy atom. The van der Waals surface area contributed by atoms with Gasteiger partial charge in [0.2, 0.25) is 0 Å². The highest BCUT2D eigenvalue weighted by Crippen LogP contribution is 2.16. The highest BCUT2D eigenvalue weighted by Gasteiger charge is 2.14. The number of thiophene rings is 1. The molecular weight excluding hydrogens is 292 g/mol. The Hall–Kier alpha value is -1.07. The van der Waals surface area contributed by atoms with E-state index in [1.54, 1.807) is 0 Å². The van der Waals surface area contributed by atoms with Crippen molar-refractivity contribution < 1.29 is 0 Å². The van der Waals surface area contributed by atoms with Crippen LogP contribution in [0.25, 0.3) is 0 Å². The zero-order valence-corrected chi connectivity index (χ0v) is 15.0. The number of rotatable bonds is 7. The maximum atomic E-state index is 4.32. The van der Waals surface area contributed by atoms with Crippen LogP contribution in [0.3, 0.4) is 0 Å². The lowest BCUT2D eigenvalue weighted by molar-refractivity contribution is 0.287. The first-order chi connectivity index (χ1) is 10.7. The Morgan fingerprint density at radius 3 is 2.64 bits per heavy atom. The van der Waals surface area contributed by atoms with Crippen molar-refractivity contribution in [1.82, 2.24) is 15.5 Å². The monoisotopic (exact) mass is 322 g/mol. The molecule has 1 unspecified atom stereocenters. The van der Waals surface area contributed by atoms with Crippen molar-refractivity contribution in [2.75, 3.05) is 33.2 Å². The largest absolute Gasteiger partial charge is 0.356 e. The highest BCUT2D eigenvalue weighted by atomic mass is 32.1. The topological polar surface area (TPSA) is 39.7 Å². The van der Waals surface area contributed by atoms with Crippen molar-refractivity contribution in [3.63, 3.8) is 0 Å². The van der Waals surface area contributed by atoms with Crippen molar-refractivity contribution in [2.24, 2.45) is 10.9 Å². The second-order valence-electron chi connectivity index (χ2n) is 6.14. The molecular formula is C17H30N4S. The van der Waals surface area contributed by atoms with Crippen molar-refractivity contribution in [1.29, 1.82) is 0 Å². The molecule has 22 heavy (non-hydrogen) atoms. The van der Waals surface area contributed by atoms with Crippen LogP contribution in [-0.2, 0) is 13.0 Å². The molecule has 0 bridgehead atoms. The van der Waals surface area contributed by atoms with E-state index in [4.69, 9.17) is 0 Å². The van der Waals surface area contributed by atoms with E-state index in [-0.39, 0.29) is 0 Å². The van der Waals surface area contributed by atoms with E-state index in [2.05, 4.69) is 46.5 Å². The summed E-state index contributed by atoms with van der Waals surface area (Å²) < 4.78 is 0. The number of nitrogens with zero attached hydrogens (tertiary/aromatic N) is 2. The first-order valence-electron chi connectivity index (χ1n) is 8.45. The lowest BCUT2D eigenvalue weighted by Crippen LogP contribution is -2.40. The molecule has 0 amide bonds. The molecule has 0 radical (unpaired) electrons. The van der Waals surface area contributed by atoms with Gasteiger partial charge < -0.3 is 15.5 Å². The van der Waals surface area contributed by atoms with Gasteiger partial charge in [0.25, 0.3) is 0 Å². The number of nitrogens with one attached hydrogen (secondary N) is 2. The molecule has 2 N–H and O–H groups in total. The highest BCUT2D eigenvalue weighted by molar-refractivity contribution is 7.11. The summed E-state index contributed by atoms with van der Waals surface area (Å²) in [6, 6.07) is 4.43. The van der Waals surface area contributed by atoms with E-state index in [1.165, 1.54) is 42.2 Å². The maximum absolute atomic E-state index is 4.32. The molecule has 1 saturated heterocycles. The molecule has 0 spiro atoms. The Bertz CT molecular complexity index is 463. The quantitative estimate of drug-likeness (QED) is 0.599. The van der Waals surface area contributed by atoms with Gasteiger partial charge in [0, 0.05) is 29.9 Å². The zero-order valence-electron chi connectivity index (χ0n) is 14.2. The van der Waals surface area contributed by atoms with Crippen molar-refractivity contribution in [3.05, 3.63) is 21.9 Å². The van der Waals surface area contributed by atoms with Gasteiger partial charge in [-0.1, -0.05) is 13.8 Å². The van der Waals surface area contributed by atoms with Crippen LogP contribution in [0.4, 0.5) is 0 Å². The standard InChI is InChI=1S/C17H30N4S/c1-4-15-7-8-16(22-15)12-20-17(18-3)19-11-14(2)13-21-9-5-6-10-21/h7-8,14H,4-6,9-13H2,1-3H3,(H2,18,19,20). The summed E-state index contributed by atoms with van der Waals surface area (Å²) in [4.78, 5) is 9.70. The molecule has 2 rings (SSSR count). The lowest BCUT2D eigenvalue weighted by Gasteiger charge is -2.21. The predicted octanol–water partition coefficient (Wildman–Crippen LogP) is 2.71. The van der Waals surface area contributed by atoms with Gasteiger partial charge in [0.1, 0.15) is 0 Å². The molecule has 0 aromatic carbocycles. The van der Waals surface area contributed by atoms with Gasteiger partial charge in [-0.3, -0.25) is 4.99 Å². The van der Waals surface area contributed by atoms with Crippen LogP contribution >= 0.6 is 11.3 Å². The summed E-state index contributed by atoms with van der Waals surface area (Å²) in [5.41, 5.74) is 0. The third-order valence-corrected chi connectivity index (χ3v) is 5.34. The van der Waals surface area contributed by atoms with Gasteiger partial charge in [0.15, 0.2) is 5.96 Å². The van der Waals surface area contributed by atoms with Gasteiger partial charge in [0.05, 0.1) is 6.54 Å². The third kappa shape index (κ3) is 5.61. The molecule has 2 heterocycles. The smallest absolute Gasteiger partial charge is 0.191 e. The van der Waals surface area contributed by atoms with Crippen molar-refractivity contribution in [2.45, 2.75) is 39.7 Å². The van der Waals surface area contributed by atoms with E-state index >= 15 is 0 Å². The second kappa shape index (κ2) is 9.16. The van der Waals surface area contributed by atoms with Gasteiger partial charge in [-0.15, -0.1) is 11.3 Å². The number of hydrogen-bond acceptors (Lipinski definition) is 3. The number of likely N-dealkylation sites (tertiary alicyclic amines) is 1. The fourth-order valence-corrected chi connectivity index (χ4v) is 3.74.